The second kappa shape index (κ2) is 17.0. The maximum atomic E-state index is 9.49. The highest BCUT2D eigenvalue weighted by Gasteiger charge is 2.39. The van der Waals surface area contributed by atoms with Gasteiger partial charge in [-0.15, -0.1) is 0 Å². The minimum atomic E-state index is -0.963. The van der Waals surface area contributed by atoms with Crippen LogP contribution in [0.2, 0.25) is 0 Å². The largest absolute Gasteiger partial charge is 0.477 e. The Balaban J connectivity index is 0.978. The third-order valence-electron chi connectivity index (χ3n) is 12.6. The van der Waals surface area contributed by atoms with E-state index in [0.717, 1.165) is 72.4 Å². The van der Waals surface area contributed by atoms with Crippen molar-refractivity contribution in [2.75, 3.05) is 0 Å². The molecule has 11 heteroatoms. The summed E-state index contributed by atoms with van der Waals surface area (Å²) in [6.07, 6.45) is 1.84. The van der Waals surface area contributed by atoms with Crippen LogP contribution in [0.5, 0.6) is 5.75 Å². The number of nitriles is 2. The van der Waals surface area contributed by atoms with Crippen molar-refractivity contribution in [1.82, 2.24) is 39.5 Å². The molecule has 12 rings (SSSR count). The van der Waals surface area contributed by atoms with Gasteiger partial charge < -0.3 is 4.74 Å². The van der Waals surface area contributed by atoms with Gasteiger partial charge in [0.2, 0.25) is 0 Å². The average molecular weight is 901 g/mol. The van der Waals surface area contributed by atoms with Crippen molar-refractivity contribution in [1.29, 1.82) is 10.5 Å². The van der Waals surface area contributed by atoms with E-state index in [-0.39, 0.29) is 0 Å². The first kappa shape index (κ1) is 41.5. The molecular formula is C59H36N10O. The number of fused-ring (bicyclic) bond motifs is 4. The van der Waals surface area contributed by atoms with Gasteiger partial charge in [-0.1, -0.05) is 97.1 Å². The van der Waals surface area contributed by atoms with E-state index in [0.29, 0.717) is 51.8 Å². The Morgan fingerprint density at radius 2 is 0.886 bits per heavy atom. The monoisotopic (exact) mass is 900 g/mol. The van der Waals surface area contributed by atoms with Crippen LogP contribution in [0.3, 0.4) is 0 Å². The van der Waals surface area contributed by atoms with Gasteiger partial charge in [-0.2, -0.15) is 10.5 Å². The van der Waals surface area contributed by atoms with Crippen LogP contribution in [0.4, 0.5) is 0 Å². The van der Waals surface area contributed by atoms with E-state index in [1.54, 1.807) is 24.3 Å². The predicted molar refractivity (Wildman–Crippen MR) is 269 cm³/mol. The van der Waals surface area contributed by atoms with Crippen LogP contribution in [0.15, 0.2) is 200 Å². The summed E-state index contributed by atoms with van der Waals surface area (Å²) in [6, 6.07) is 67.4. The van der Waals surface area contributed by atoms with Crippen LogP contribution in [0, 0.1) is 22.7 Å². The number of benzene rings is 8. The number of hydrogen-bond donors (Lipinski definition) is 0. The lowest BCUT2D eigenvalue weighted by molar-refractivity contribution is 0.129. The molecule has 8 aromatic carbocycles. The second-order valence-corrected chi connectivity index (χ2v) is 17.0. The molecule has 1 aliphatic heterocycles. The maximum absolute atomic E-state index is 9.49. The Morgan fingerprint density at radius 1 is 0.443 bits per heavy atom. The Bertz CT molecular complexity index is 3810. The molecule has 0 spiro atoms. The summed E-state index contributed by atoms with van der Waals surface area (Å²) in [5, 5.41) is 19.0. The molecule has 0 radical (unpaired) electrons. The lowest BCUT2D eigenvalue weighted by Crippen LogP contribution is -2.34. The fraction of sp³-hybridized carbons (Fsp3) is 0.0339. The van der Waals surface area contributed by atoms with Crippen LogP contribution in [-0.4, -0.2) is 39.5 Å². The summed E-state index contributed by atoms with van der Waals surface area (Å²) in [7, 11) is 0. The number of nitrogens with zero attached hydrogens (tertiary/aromatic N) is 10. The van der Waals surface area contributed by atoms with Crippen molar-refractivity contribution in [3.05, 3.63) is 223 Å². The minimum Gasteiger partial charge on any atom is -0.477 e. The molecule has 0 aliphatic carbocycles. The van der Waals surface area contributed by atoms with Gasteiger partial charge in [0, 0.05) is 50.2 Å². The zero-order chi connectivity index (χ0) is 47.2. The first-order valence-corrected chi connectivity index (χ1v) is 22.6. The molecule has 0 bridgehead atoms. The molecule has 1 atom stereocenters. The van der Waals surface area contributed by atoms with Gasteiger partial charge in [-0.25, -0.2) is 34.9 Å². The zero-order valence-corrected chi connectivity index (χ0v) is 37.4. The van der Waals surface area contributed by atoms with Crippen molar-refractivity contribution in [3.8, 4) is 103 Å². The summed E-state index contributed by atoms with van der Waals surface area (Å²) in [4.78, 5) is 34.9. The Morgan fingerprint density at radius 3 is 1.44 bits per heavy atom. The summed E-state index contributed by atoms with van der Waals surface area (Å²) < 4.78 is 9.31. The number of aromatic nitrogens is 8. The molecule has 0 saturated carbocycles. The zero-order valence-electron chi connectivity index (χ0n) is 37.4. The van der Waals surface area contributed by atoms with Crippen LogP contribution in [0.25, 0.3) is 96.2 Å². The van der Waals surface area contributed by atoms with Crippen LogP contribution < -0.4 is 4.74 Å². The van der Waals surface area contributed by atoms with Gasteiger partial charge in [-0.05, 0) is 115 Å². The van der Waals surface area contributed by atoms with Crippen LogP contribution in [-0.2, 0) is 5.60 Å². The van der Waals surface area contributed by atoms with Crippen molar-refractivity contribution >= 4 is 11.0 Å². The van der Waals surface area contributed by atoms with Gasteiger partial charge in [0.25, 0.3) is 0 Å². The standard InChI is InChI=1S/C59H36N10O/c1-59(45-13-7-3-8-14-45)49-31-42(56-66-54(40-21-17-37(34-60)18-22-40)63-55(67-56)41-23-19-38(35-61)20-24-41)25-28-47(49)48-29-26-44(33-52(48)70-59)58-65-53(39-11-5-2-6-12-39)64-57(68-58)43-27-30-51-50(32-43)62-36-69(51)46-15-9-4-10-16-46/h2-33,36H,1H3. The molecule has 0 N–H and O–H groups in total. The molecule has 0 saturated heterocycles. The van der Waals surface area contributed by atoms with E-state index in [1.165, 1.54) is 0 Å². The third kappa shape index (κ3) is 7.46. The van der Waals surface area contributed by atoms with E-state index in [9.17, 15) is 10.5 Å². The van der Waals surface area contributed by atoms with Crippen molar-refractivity contribution in [2.24, 2.45) is 0 Å². The Hall–Kier alpha value is -9.97. The highest BCUT2D eigenvalue weighted by atomic mass is 16.5. The number of hydrogen-bond acceptors (Lipinski definition) is 10. The van der Waals surface area contributed by atoms with Crippen molar-refractivity contribution in [2.45, 2.75) is 12.5 Å². The summed E-state index contributed by atoms with van der Waals surface area (Å²) in [5.41, 5.74) is 11.4. The highest BCUT2D eigenvalue weighted by Crippen LogP contribution is 2.50. The molecule has 11 nitrogen and oxygen atoms in total. The topological polar surface area (TPSA) is 152 Å². The lowest BCUT2D eigenvalue weighted by Gasteiger charge is -2.38. The Kier molecular flexibility index (Phi) is 10.1. The molecule has 1 unspecified atom stereocenters. The number of rotatable bonds is 8. The van der Waals surface area contributed by atoms with Crippen LogP contribution >= 0.6 is 0 Å². The fourth-order valence-corrected chi connectivity index (χ4v) is 8.97. The normalized spacial score (nSPS) is 13.6. The molecule has 70 heavy (non-hydrogen) atoms. The van der Waals surface area contributed by atoms with E-state index in [1.807, 2.05) is 128 Å². The molecular weight excluding hydrogens is 865 g/mol. The molecule has 1 aliphatic rings. The van der Waals surface area contributed by atoms with Gasteiger partial charge in [-0.3, -0.25) is 4.57 Å². The van der Waals surface area contributed by atoms with Crippen LogP contribution in [0.1, 0.15) is 29.2 Å². The van der Waals surface area contributed by atoms with E-state index < -0.39 is 5.60 Å². The van der Waals surface area contributed by atoms with Crippen molar-refractivity contribution in [3.63, 3.8) is 0 Å². The second-order valence-electron chi connectivity index (χ2n) is 17.0. The summed E-state index contributed by atoms with van der Waals surface area (Å²) >= 11 is 0. The van der Waals surface area contributed by atoms with Gasteiger partial charge in [0.05, 0.1) is 34.3 Å². The van der Waals surface area contributed by atoms with E-state index in [4.69, 9.17) is 39.6 Å². The average Bonchev–Trinajstić information content (AvgIpc) is 3.87. The minimum absolute atomic E-state index is 0.447. The number of imidazole rings is 1. The smallest absolute Gasteiger partial charge is 0.164 e. The van der Waals surface area contributed by atoms with Gasteiger partial charge >= 0.3 is 0 Å². The Labute approximate surface area is 402 Å². The van der Waals surface area contributed by atoms with Crippen molar-refractivity contribution < 1.29 is 4.74 Å². The molecule has 328 valence electrons. The fourth-order valence-electron chi connectivity index (χ4n) is 8.97. The molecule has 11 aromatic rings. The number of ether oxygens (including phenoxy) is 1. The van der Waals surface area contributed by atoms with E-state index >= 15 is 0 Å². The summed E-state index contributed by atoms with van der Waals surface area (Å²) in [5.74, 6) is 3.59. The quantitative estimate of drug-likeness (QED) is 0.144. The first-order chi connectivity index (χ1) is 34.4. The molecule has 4 heterocycles. The van der Waals surface area contributed by atoms with Gasteiger partial charge in [0.1, 0.15) is 12.1 Å². The predicted octanol–water partition coefficient (Wildman–Crippen LogP) is 12.5. The molecule has 0 amide bonds. The van der Waals surface area contributed by atoms with E-state index in [2.05, 4.69) is 72.2 Å². The molecule has 3 aromatic heterocycles. The maximum Gasteiger partial charge on any atom is 0.164 e. The number of para-hydroxylation sites is 1. The SMILES string of the molecule is CC1(c2ccccc2)Oc2cc(-c3nc(-c4ccccc4)nc(-c4ccc5c(c4)ncn5-c4ccccc4)n3)ccc2-c2ccc(-c3nc(-c4ccc(C#N)cc4)nc(-c4ccc(C#N)cc4)n3)cc21. The lowest BCUT2D eigenvalue weighted by atomic mass is 9.79. The first-order valence-electron chi connectivity index (χ1n) is 22.6. The highest BCUT2D eigenvalue weighted by molar-refractivity contribution is 5.85. The third-order valence-corrected chi connectivity index (χ3v) is 12.6. The molecule has 0 fully saturated rings. The van der Waals surface area contributed by atoms with Gasteiger partial charge in [0.15, 0.2) is 40.5 Å². The summed E-state index contributed by atoms with van der Waals surface area (Å²) in [6.45, 7) is 2.09.